The Balaban J connectivity index is 3.09. The summed E-state index contributed by atoms with van der Waals surface area (Å²) in [6, 6.07) is 0. The molecule has 0 amide bonds. The minimum atomic E-state index is 0.257. The Morgan fingerprint density at radius 2 is 2.00 bits per heavy atom. The summed E-state index contributed by atoms with van der Waals surface area (Å²) < 4.78 is 0. The van der Waals surface area contributed by atoms with Crippen LogP contribution in [0.2, 0.25) is 0 Å². The van der Waals surface area contributed by atoms with Gasteiger partial charge in [0.2, 0.25) is 0 Å². The SMILES string of the molecule is CCC1=C(C)C(=O)CCC1(C)C. The van der Waals surface area contributed by atoms with Crippen LogP contribution in [0.4, 0.5) is 0 Å². The standard InChI is InChI=1S/C11H18O/c1-5-9-8(2)10(12)6-7-11(9,3)4/h5-7H2,1-4H3. The largest absolute Gasteiger partial charge is 0.295 e. The lowest BCUT2D eigenvalue weighted by Gasteiger charge is -2.33. The fourth-order valence-corrected chi connectivity index (χ4v) is 2.18. The van der Waals surface area contributed by atoms with E-state index in [1.165, 1.54) is 5.57 Å². The molecule has 1 heteroatoms. The van der Waals surface area contributed by atoms with Crippen LogP contribution < -0.4 is 0 Å². The van der Waals surface area contributed by atoms with E-state index in [-0.39, 0.29) is 5.41 Å². The molecule has 0 aliphatic heterocycles. The number of hydrogen-bond acceptors (Lipinski definition) is 1. The van der Waals surface area contributed by atoms with E-state index >= 15 is 0 Å². The van der Waals surface area contributed by atoms with Crippen LogP contribution in [0, 0.1) is 5.41 Å². The molecule has 1 rings (SSSR count). The summed E-state index contributed by atoms with van der Waals surface area (Å²) in [6.45, 7) is 8.59. The summed E-state index contributed by atoms with van der Waals surface area (Å²) in [5.41, 5.74) is 2.64. The quantitative estimate of drug-likeness (QED) is 0.585. The third-order valence-corrected chi connectivity index (χ3v) is 3.02. The lowest BCUT2D eigenvalue weighted by Crippen LogP contribution is -2.24. The topological polar surface area (TPSA) is 17.1 Å². The van der Waals surface area contributed by atoms with E-state index in [0.29, 0.717) is 5.78 Å². The molecule has 1 aliphatic rings. The van der Waals surface area contributed by atoms with Crippen molar-refractivity contribution in [1.29, 1.82) is 0 Å². The highest BCUT2D eigenvalue weighted by molar-refractivity contribution is 5.96. The first kappa shape index (κ1) is 9.50. The summed E-state index contributed by atoms with van der Waals surface area (Å²) in [4.78, 5) is 11.4. The molecule has 0 fully saturated rings. The number of rotatable bonds is 1. The molecule has 0 N–H and O–H groups in total. The van der Waals surface area contributed by atoms with Crippen LogP contribution in [0.5, 0.6) is 0 Å². The van der Waals surface area contributed by atoms with Gasteiger partial charge < -0.3 is 0 Å². The van der Waals surface area contributed by atoms with E-state index in [2.05, 4.69) is 20.8 Å². The van der Waals surface area contributed by atoms with Gasteiger partial charge in [0.15, 0.2) is 5.78 Å². The molecule has 0 heterocycles. The minimum absolute atomic E-state index is 0.257. The molecule has 0 radical (unpaired) electrons. The van der Waals surface area contributed by atoms with Crippen LogP contribution in [-0.4, -0.2) is 5.78 Å². The van der Waals surface area contributed by atoms with Crippen molar-refractivity contribution in [2.75, 3.05) is 0 Å². The molecule has 0 saturated carbocycles. The molecule has 0 atom stereocenters. The Labute approximate surface area is 74.9 Å². The average Bonchev–Trinajstić information content (AvgIpc) is 1.99. The number of carbonyl (C=O) groups excluding carboxylic acids is 1. The normalized spacial score (nSPS) is 23.2. The van der Waals surface area contributed by atoms with Gasteiger partial charge in [-0.05, 0) is 30.8 Å². The molecule has 0 bridgehead atoms. The van der Waals surface area contributed by atoms with Crippen molar-refractivity contribution in [2.24, 2.45) is 5.41 Å². The first-order valence-electron chi connectivity index (χ1n) is 4.72. The van der Waals surface area contributed by atoms with Crippen molar-refractivity contribution in [2.45, 2.75) is 47.0 Å². The summed E-state index contributed by atoms with van der Waals surface area (Å²) in [6.07, 6.45) is 2.78. The Kier molecular flexibility index (Phi) is 2.41. The maximum absolute atomic E-state index is 11.4. The van der Waals surface area contributed by atoms with Crippen LogP contribution in [0.25, 0.3) is 0 Å². The Morgan fingerprint density at radius 1 is 1.42 bits per heavy atom. The van der Waals surface area contributed by atoms with Gasteiger partial charge in [0, 0.05) is 6.42 Å². The highest BCUT2D eigenvalue weighted by Crippen LogP contribution is 2.39. The first-order chi connectivity index (χ1) is 5.49. The van der Waals surface area contributed by atoms with Gasteiger partial charge in [0.25, 0.3) is 0 Å². The van der Waals surface area contributed by atoms with Crippen LogP contribution in [0.3, 0.4) is 0 Å². The third kappa shape index (κ3) is 1.45. The van der Waals surface area contributed by atoms with E-state index in [0.717, 1.165) is 24.8 Å². The summed E-state index contributed by atoms with van der Waals surface area (Å²) in [5.74, 6) is 0.353. The fourth-order valence-electron chi connectivity index (χ4n) is 2.18. The van der Waals surface area contributed by atoms with Crippen molar-refractivity contribution in [1.82, 2.24) is 0 Å². The second-order valence-corrected chi connectivity index (χ2v) is 4.26. The van der Waals surface area contributed by atoms with Gasteiger partial charge in [-0.25, -0.2) is 0 Å². The molecular formula is C11H18O. The van der Waals surface area contributed by atoms with Crippen molar-refractivity contribution >= 4 is 5.78 Å². The smallest absolute Gasteiger partial charge is 0.158 e. The maximum atomic E-state index is 11.4. The summed E-state index contributed by atoms with van der Waals surface area (Å²) in [5, 5.41) is 0. The molecule has 0 unspecified atom stereocenters. The maximum Gasteiger partial charge on any atom is 0.158 e. The zero-order chi connectivity index (χ0) is 9.35. The number of hydrogen-bond donors (Lipinski definition) is 0. The van der Waals surface area contributed by atoms with Gasteiger partial charge in [0.05, 0.1) is 0 Å². The molecule has 0 aromatic heterocycles. The number of allylic oxidation sites excluding steroid dienone is 2. The average molecular weight is 166 g/mol. The molecular weight excluding hydrogens is 148 g/mol. The van der Waals surface area contributed by atoms with E-state index in [1.54, 1.807) is 0 Å². The number of ketones is 1. The second kappa shape index (κ2) is 3.04. The Hall–Kier alpha value is -0.590. The molecule has 12 heavy (non-hydrogen) atoms. The van der Waals surface area contributed by atoms with Crippen molar-refractivity contribution in [3.8, 4) is 0 Å². The Morgan fingerprint density at radius 3 is 2.42 bits per heavy atom. The predicted octanol–water partition coefficient (Wildman–Crippen LogP) is 3.10. The number of carbonyl (C=O) groups is 1. The monoisotopic (exact) mass is 166 g/mol. The zero-order valence-electron chi connectivity index (χ0n) is 8.53. The van der Waals surface area contributed by atoms with Crippen LogP contribution in [-0.2, 0) is 4.79 Å². The van der Waals surface area contributed by atoms with E-state index in [1.807, 2.05) is 6.92 Å². The van der Waals surface area contributed by atoms with Gasteiger partial charge in [-0.1, -0.05) is 26.3 Å². The van der Waals surface area contributed by atoms with Crippen molar-refractivity contribution in [3.63, 3.8) is 0 Å². The molecule has 1 nitrogen and oxygen atoms in total. The predicted molar refractivity (Wildman–Crippen MR) is 51.0 cm³/mol. The van der Waals surface area contributed by atoms with Gasteiger partial charge in [-0.15, -0.1) is 0 Å². The zero-order valence-corrected chi connectivity index (χ0v) is 8.53. The lowest BCUT2D eigenvalue weighted by molar-refractivity contribution is -0.116. The van der Waals surface area contributed by atoms with Crippen molar-refractivity contribution < 1.29 is 4.79 Å². The molecule has 0 spiro atoms. The van der Waals surface area contributed by atoms with Gasteiger partial charge in [-0.3, -0.25) is 4.79 Å². The summed E-state index contributed by atoms with van der Waals surface area (Å²) >= 11 is 0. The van der Waals surface area contributed by atoms with Gasteiger partial charge in [0.1, 0.15) is 0 Å². The third-order valence-electron chi connectivity index (χ3n) is 3.02. The van der Waals surface area contributed by atoms with E-state index in [9.17, 15) is 4.79 Å². The van der Waals surface area contributed by atoms with E-state index < -0.39 is 0 Å². The van der Waals surface area contributed by atoms with Gasteiger partial charge in [-0.2, -0.15) is 0 Å². The van der Waals surface area contributed by atoms with Gasteiger partial charge >= 0.3 is 0 Å². The van der Waals surface area contributed by atoms with Crippen molar-refractivity contribution in [3.05, 3.63) is 11.1 Å². The summed E-state index contributed by atoms with van der Waals surface area (Å²) in [7, 11) is 0. The van der Waals surface area contributed by atoms with Crippen LogP contribution in [0.15, 0.2) is 11.1 Å². The lowest BCUT2D eigenvalue weighted by atomic mass is 9.71. The fraction of sp³-hybridized carbons (Fsp3) is 0.727. The molecule has 0 saturated heterocycles. The molecule has 68 valence electrons. The highest BCUT2D eigenvalue weighted by Gasteiger charge is 2.30. The minimum Gasteiger partial charge on any atom is -0.295 e. The second-order valence-electron chi connectivity index (χ2n) is 4.26. The highest BCUT2D eigenvalue weighted by atomic mass is 16.1. The van der Waals surface area contributed by atoms with Crippen LogP contribution >= 0.6 is 0 Å². The van der Waals surface area contributed by atoms with E-state index in [4.69, 9.17) is 0 Å². The molecule has 1 aliphatic carbocycles. The number of Topliss-reactive ketones (excluding diaryl/α,β-unsaturated/α-hetero) is 1. The molecule has 0 aromatic rings. The van der Waals surface area contributed by atoms with Crippen LogP contribution in [0.1, 0.15) is 47.0 Å². The Bertz CT molecular complexity index is 233. The molecule has 0 aromatic carbocycles. The first-order valence-corrected chi connectivity index (χ1v) is 4.72.